The van der Waals surface area contributed by atoms with Gasteiger partial charge in [-0.05, 0) is 24.1 Å². The average Bonchev–Trinajstić information content (AvgIpc) is 2.60. The summed E-state index contributed by atoms with van der Waals surface area (Å²) < 4.78 is 4.76. The molecule has 0 aliphatic carbocycles. The highest BCUT2D eigenvalue weighted by atomic mass is 35.5. The van der Waals surface area contributed by atoms with E-state index in [1.165, 1.54) is 12.3 Å². The average molecular weight is 213 g/mol. The molecular formula is C9H9ClN2O2. The molecule has 1 N–H and O–H groups in total. The Bertz CT molecular complexity index is 367. The summed E-state index contributed by atoms with van der Waals surface area (Å²) in [5, 5.41) is 11.2. The number of halogens is 1. The van der Waals surface area contributed by atoms with Gasteiger partial charge in [0.15, 0.2) is 0 Å². The van der Waals surface area contributed by atoms with Crippen molar-refractivity contribution < 1.29 is 9.21 Å². The van der Waals surface area contributed by atoms with Crippen LogP contribution in [-0.4, -0.2) is 11.9 Å². The van der Waals surface area contributed by atoms with Crippen molar-refractivity contribution in [2.24, 2.45) is 0 Å². The zero-order valence-electron chi connectivity index (χ0n) is 7.58. The van der Waals surface area contributed by atoms with E-state index in [-0.39, 0.29) is 10.8 Å². The van der Waals surface area contributed by atoms with Gasteiger partial charge in [0, 0.05) is 0 Å². The van der Waals surface area contributed by atoms with Crippen LogP contribution >= 0.6 is 11.6 Å². The first-order valence-electron chi connectivity index (χ1n) is 4.12. The number of amides is 1. The largest absolute Gasteiger partial charge is 0.452 e. The lowest BCUT2D eigenvalue weighted by atomic mass is 10.2. The topological polar surface area (TPSA) is 66.0 Å². The lowest BCUT2D eigenvalue weighted by Gasteiger charge is -2.07. The summed E-state index contributed by atoms with van der Waals surface area (Å²) in [4.78, 5) is 11.4. The highest BCUT2D eigenvalue weighted by Crippen LogP contribution is 2.16. The van der Waals surface area contributed by atoms with Crippen molar-refractivity contribution in [3.05, 3.63) is 23.1 Å². The van der Waals surface area contributed by atoms with Gasteiger partial charge in [0.1, 0.15) is 6.04 Å². The van der Waals surface area contributed by atoms with Crippen LogP contribution in [0.5, 0.6) is 0 Å². The molecule has 0 bridgehead atoms. The van der Waals surface area contributed by atoms with Crippen LogP contribution in [0.1, 0.15) is 23.7 Å². The van der Waals surface area contributed by atoms with E-state index in [0.717, 1.165) is 0 Å². The van der Waals surface area contributed by atoms with Crippen LogP contribution in [-0.2, 0) is 0 Å². The third-order valence-electron chi connectivity index (χ3n) is 1.73. The number of hydrogen-bond acceptors (Lipinski definition) is 3. The Labute approximate surface area is 86.5 Å². The number of carbonyl (C=O) groups excluding carboxylic acids is 1. The fraction of sp³-hybridized carbons (Fsp3) is 0.333. The second-order valence-electron chi connectivity index (χ2n) is 2.67. The predicted octanol–water partition coefficient (Wildman–Crippen LogP) is 1.96. The fourth-order valence-corrected chi connectivity index (χ4v) is 1.12. The third-order valence-corrected chi connectivity index (χ3v) is 2.02. The zero-order valence-corrected chi connectivity index (χ0v) is 8.34. The van der Waals surface area contributed by atoms with E-state index < -0.39 is 11.9 Å². The van der Waals surface area contributed by atoms with Gasteiger partial charge in [-0.25, -0.2) is 0 Å². The summed E-state index contributed by atoms with van der Waals surface area (Å²) in [6, 6.07) is 2.93. The van der Waals surface area contributed by atoms with E-state index in [0.29, 0.717) is 6.42 Å². The molecule has 1 atom stereocenters. The molecule has 1 aromatic heterocycles. The molecule has 0 spiro atoms. The second kappa shape index (κ2) is 4.68. The van der Waals surface area contributed by atoms with Crippen molar-refractivity contribution in [2.45, 2.75) is 19.4 Å². The Hall–Kier alpha value is -1.47. The fourth-order valence-electron chi connectivity index (χ4n) is 0.917. The Kier molecular flexibility index (Phi) is 3.55. The van der Waals surface area contributed by atoms with Crippen LogP contribution in [0, 0.1) is 11.3 Å². The molecule has 0 aliphatic rings. The second-order valence-corrected chi connectivity index (χ2v) is 3.01. The normalized spacial score (nSPS) is 11.8. The van der Waals surface area contributed by atoms with Gasteiger partial charge in [-0.1, -0.05) is 6.92 Å². The molecule has 1 aromatic rings. The monoisotopic (exact) mass is 212 g/mol. The maximum atomic E-state index is 11.4. The van der Waals surface area contributed by atoms with Crippen molar-refractivity contribution in [1.82, 2.24) is 5.32 Å². The summed E-state index contributed by atoms with van der Waals surface area (Å²) in [5.41, 5.74) is 0.250. The number of nitrogens with one attached hydrogen (secondary N) is 1. The van der Waals surface area contributed by atoms with Crippen molar-refractivity contribution in [2.75, 3.05) is 0 Å². The highest BCUT2D eigenvalue weighted by Gasteiger charge is 2.15. The van der Waals surface area contributed by atoms with Crippen molar-refractivity contribution >= 4 is 17.5 Å². The Morgan fingerprint density at radius 2 is 2.57 bits per heavy atom. The molecule has 1 unspecified atom stereocenters. The van der Waals surface area contributed by atoms with Crippen LogP contribution in [0.15, 0.2) is 16.7 Å². The van der Waals surface area contributed by atoms with Gasteiger partial charge < -0.3 is 9.73 Å². The molecule has 0 saturated heterocycles. The van der Waals surface area contributed by atoms with Crippen molar-refractivity contribution in [3.8, 4) is 6.07 Å². The highest BCUT2D eigenvalue weighted by molar-refractivity contribution is 6.32. The zero-order chi connectivity index (χ0) is 10.6. The minimum atomic E-state index is -0.492. The van der Waals surface area contributed by atoms with E-state index in [1.54, 1.807) is 0 Å². The molecule has 5 heteroatoms. The van der Waals surface area contributed by atoms with Gasteiger partial charge in [-0.3, -0.25) is 4.79 Å². The molecule has 14 heavy (non-hydrogen) atoms. The SMILES string of the molecule is CCC(C#N)NC(=O)c1ccoc1Cl. The number of hydrogen-bond donors (Lipinski definition) is 1. The maximum Gasteiger partial charge on any atom is 0.257 e. The molecule has 1 heterocycles. The van der Waals surface area contributed by atoms with Crippen LogP contribution in [0.2, 0.25) is 5.22 Å². The predicted molar refractivity (Wildman–Crippen MR) is 50.9 cm³/mol. The number of furan rings is 1. The number of nitriles is 1. The molecule has 1 rings (SSSR count). The van der Waals surface area contributed by atoms with Gasteiger partial charge in [-0.2, -0.15) is 5.26 Å². The minimum absolute atomic E-state index is 0.0373. The first-order chi connectivity index (χ1) is 6.69. The van der Waals surface area contributed by atoms with Gasteiger partial charge in [0.2, 0.25) is 5.22 Å². The van der Waals surface area contributed by atoms with E-state index >= 15 is 0 Å². The van der Waals surface area contributed by atoms with E-state index in [9.17, 15) is 4.79 Å². The molecule has 1 amide bonds. The summed E-state index contributed by atoms with van der Waals surface area (Å²) in [5.74, 6) is -0.392. The smallest absolute Gasteiger partial charge is 0.257 e. The van der Waals surface area contributed by atoms with Gasteiger partial charge >= 0.3 is 0 Å². The summed E-state index contributed by atoms with van der Waals surface area (Å²) in [6.45, 7) is 1.81. The maximum absolute atomic E-state index is 11.4. The molecule has 74 valence electrons. The molecule has 0 aromatic carbocycles. The molecule has 0 fully saturated rings. The quantitative estimate of drug-likeness (QED) is 0.833. The summed E-state index contributed by atoms with van der Waals surface area (Å²) in [7, 11) is 0. The summed E-state index contributed by atoms with van der Waals surface area (Å²) >= 11 is 5.59. The van der Waals surface area contributed by atoms with Gasteiger partial charge in [-0.15, -0.1) is 0 Å². The first kappa shape index (κ1) is 10.6. The van der Waals surface area contributed by atoms with Crippen LogP contribution in [0.4, 0.5) is 0 Å². The Morgan fingerprint density at radius 1 is 1.86 bits per heavy atom. The van der Waals surface area contributed by atoms with Crippen molar-refractivity contribution in [1.29, 1.82) is 5.26 Å². The van der Waals surface area contributed by atoms with Crippen LogP contribution in [0.25, 0.3) is 0 Å². The van der Waals surface area contributed by atoms with Crippen LogP contribution in [0.3, 0.4) is 0 Å². The standard InChI is InChI=1S/C9H9ClN2O2/c1-2-6(5-11)12-9(13)7-3-4-14-8(7)10/h3-4,6H,2H2,1H3,(H,12,13). The molecule has 4 nitrogen and oxygen atoms in total. The number of nitrogens with zero attached hydrogens (tertiary/aromatic N) is 1. The van der Waals surface area contributed by atoms with Gasteiger partial charge in [0.05, 0.1) is 17.9 Å². The minimum Gasteiger partial charge on any atom is -0.452 e. The first-order valence-corrected chi connectivity index (χ1v) is 4.50. The molecule has 0 aliphatic heterocycles. The van der Waals surface area contributed by atoms with Crippen molar-refractivity contribution in [3.63, 3.8) is 0 Å². The van der Waals surface area contributed by atoms with E-state index in [1.807, 2.05) is 13.0 Å². The lowest BCUT2D eigenvalue weighted by Crippen LogP contribution is -2.33. The van der Waals surface area contributed by atoms with Gasteiger partial charge in [0.25, 0.3) is 5.91 Å². The summed E-state index contributed by atoms with van der Waals surface area (Å²) in [6.07, 6.45) is 1.88. The number of rotatable bonds is 3. The Morgan fingerprint density at radius 3 is 3.00 bits per heavy atom. The Balaban J connectivity index is 2.69. The number of carbonyl (C=O) groups is 1. The van der Waals surface area contributed by atoms with Crippen LogP contribution < -0.4 is 5.32 Å². The van der Waals surface area contributed by atoms with E-state index in [2.05, 4.69) is 5.32 Å². The molecular weight excluding hydrogens is 204 g/mol. The lowest BCUT2D eigenvalue weighted by molar-refractivity contribution is 0.0944. The van der Waals surface area contributed by atoms with E-state index in [4.69, 9.17) is 21.3 Å². The molecule has 0 radical (unpaired) electrons. The third kappa shape index (κ3) is 2.27. The molecule has 0 saturated carbocycles.